The smallest absolute Gasteiger partial charge is 0.226 e. The number of hydrogen-bond donors (Lipinski definition) is 1. The maximum atomic E-state index is 12.0. The van der Waals surface area contributed by atoms with Crippen LogP contribution in [0.1, 0.15) is 23.1 Å². The van der Waals surface area contributed by atoms with Gasteiger partial charge < -0.3 is 5.32 Å². The Morgan fingerprint density at radius 3 is 2.76 bits per heavy atom. The van der Waals surface area contributed by atoms with Gasteiger partial charge in [0.2, 0.25) is 11.0 Å². The van der Waals surface area contributed by atoms with Crippen LogP contribution in [0.25, 0.3) is 0 Å². The highest BCUT2D eigenvalue weighted by Gasteiger charge is 2.09. The summed E-state index contributed by atoms with van der Waals surface area (Å²) in [7, 11) is 0. The Morgan fingerprint density at radius 2 is 2.04 bits per heavy atom. The average molecular weight is 387 g/mol. The fraction of sp³-hybridized carbons (Fsp3) is 0.176. The fourth-order valence-electron chi connectivity index (χ4n) is 2.01. The second-order valence-electron chi connectivity index (χ2n) is 5.15. The summed E-state index contributed by atoms with van der Waals surface area (Å²) >= 11 is 4.56. The summed E-state index contributed by atoms with van der Waals surface area (Å²) in [6, 6.07) is 11.6. The van der Waals surface area contributed by atoms with E-state index in [-0.39, 0.29) is 5.91 Å². The second-order valence-corrected chi connectivity index (χ2v) is 8.13. The van der Waals surface area contributed by atoms with Crippen LogP contribution >= 0.6 is 34.4 Å². The number of aromatic nitrogens is 2. The van der Waals surface area contributed by atoms with Gasteiger partial charge in [-0.3, -0.25) is 4.79 Å². The molecule has 0 fully saturated rings. The van der Waals surface area contributed by atoms with Crippen molar-refractivity contribution < 1.29 is 4.79 Å². The number of nitrogens with one attached hydrogen (secondary N) is 1. The van der Waals surface area contributed by atoms with Crippen LogP contribution in [0.4, 0.5) is 5.13 Å². The summed E-state index contributed by atoms with van der Waals surface area (Å²) in [6.45, 7) is 0. The lowest BCUT2D eigenvalue weighted by atomic mass is 10.2. The molecule has 2 aromatic heterocycles. The van der Waals surface area contributed by atoms with Crippen molar-refractivity contribution in [2.75, 3.05) is 5.32 Å². The number of nitrogens with zero attached hydrogens (tertiary/aromatic N) is 3. The van der Waals surface area contributed by atoms with Gasteiger partial charge in [0.1, 0.15) is 0 Å². The first-order valence-corrected chi connectivity index (χ1v) is 10.2. The molecule has 0 aliphatic rings. The summed E-state index contributed by atoms with van der Waals surface area (Å²) in [5, 5.41) is 24.3. The number of nitriles is 1. The van der Waals surface area contributed by atoms with E-state index in [2.05, 4.69) is 27.0 Å². The molecule has 0 aliphatic carbocycles. The molecule has 1 aromatic carbocycles. The van der Waals surface area contributed by atoms with E-state index in [1.54, 1.807) is 35.2 Å². The van der Waals surface area contributed by atoms with Crippen LogP contribution in [0.3, 0.4) is 0 Å². The maximum Gasteiger partial charge on any atom is 0.226 e. The van der Waals surface area contributed by atoms with Crippen LogP contribution in [0, 0.1) is 11.3 Å². The number of carbonyl (C=O) groups is 1. The molecule has 5 nitrogen and oxygen atoms in total. The summed E-state index contributed by atoms with van der Waals surface area (Å²) in [4.78, 5) is 12.0. The van der Waals surface area contributed by atoms with E-state index in [1.165, 1.54) is 16.9 Å². The third kappa shape index (κ3) is 5.39. The lowest BCUT2D eigenvalue weighted by molar-refractivity contribution is -0.116. The minimum Gasteiger partial charge on any atom is -0.300 e. The Kier molecular flexibility index (Phi) is 6.17. The highest BCUT2D eigenvalue weighted by atomic mass is 32.2. The van der Waals surface area contributed by atoms with E-state index < -0.39 is 0 Å². The van der Waals surface area contributed by atoms with E-state index >= 15 is 0 Å². The van der Waals surface area contributed by atoms with Crippen LogP contribution in [-0.4, -0.2) is 16.1 Å². The molecule has 0 unspecified atom stereocenters. The molecule has 0 saturated carbocycles. The van der Waals surface area contributed by atoms with Gasteiger partial charge in [-0.15, -0.1) is 10.2 Å². The van der Waals surface area contributed by atoms with Crippen LogP contribution in [0.15, 0.2) is 45.4 Å². The van der Waals surface area contributed by atoms with Gasteiger partial charge in [0.25, 0.3) is 0 Å². The molecular weight excluding hydrogens is 372 g/mol. The Labute approximate surface area is 157 Å². The highest BCUT2D eigenvalue weighted by Crippen LogP contribution is 2.28. The van der Waals surface area contributed by atoms with Gasteiger partial charge in [-0.25, -0.2) is 0 Å². The number of amides is 1. The molecule has 0 atom stereocenters. The molecule has 25 heavy (non-hydrogen) atoms. The summed E-state index contributed by atoms with van der Waals surface area (Å²) in [6.07, 6.45) is 1.17. The lowest BCUT2D eigenvalue weighted by Gasteiger charge is -2.00. The highest BCUT2D eigenvalue weighted by molar-refractivity contribution is 8.00. The van der Waals surface area contributed by atoms with Crippen molar-refractivity contribution in [1.82, 2.24) is 10.2 Å². The maximum absolute atomic E-state index is 12.0. The molecule has 3 aromatic rings. The van der Waals surface area contributed by atoms with Gasteiger partial charge in [0.15, 0.2) is 4.34 Å². The zero-order valence-electron chi connectivity index (χ0n) is 13.1. The Balaban J connectivity index is 1.46. The molecule has 0 saturated heterocycles. The molecule has 0 aliphatic heterocycles. The first kappa shape index (κ1) is 17.6. The Bertz CT molecular complexity index is 866. The van der Waals surface area contributed by atoms with E-state index in [4.69, 9.17) is 5.26 Å². The first-order valence-electron chi connectivity index (χ1n) is 7.49. The molecular formula is C17H14N4OS3. The molecule has 2 heterocycles. The summed E-state index contributed by atoms with van der Waals surface area (Å²) in [5.74, 6) is 0.692. The number of rotatable bonds is 7. The van der Waals surface area contributed by atoms with E-state index in [0.717, 1.165) is 22.1 Å². The Hall–Kier alpha value is -2.21. The number of benzene rings is 1. The monoisotopic (exact) mass is 386 g/mol. The molecule has 126 valence electrons. The SMILES string of the molecule is N#Cc1ccc(CSc2nnc(NC(=O)CCc3ccsc3)s2)cc1. The van der Waals surface area contributed by atoms with Crippen molar-refractivity contribution in [3.63, 3.8) is 0 Å². The average Bonchev–Trinajstić information content (AvgIpc) is 3.30. The van der Waals surface area contributed by atoms with E-state index in [1.807, 2.05) is 23.6 Å². The molecule has 1 N–H and O–H groups in total. The molecule has 8 heteroatoms. The van der Waals surface area contributed by atoms with Gasteiger partial charge in [-0.2, -0.15) is 16.6 Å². The molecule has 3 rings (SSSR count). The van der Waals surface area contributed by atoms with Crippen LogP contribution in [0.2, 0.25) is 0 Å². The number of hydrogen-bond acceptors (Lipinski definition) is 7. The van der Waals surface area contributed by atoms with E-state index in [9.17, 15) is 4.79 Å². The largest absolute Gasteiger partial charge is 0.300 e. The van der Waals surface area contributed by atoms with Crippen LogP contribution in [-0.2, 0) is 17.0 Å². The van der Waals surface area contributed by atoms with Crippen molar-refractivity contribution in [3.8, 4) is 6.07 Å². The van der Waals surface area contributed by atoms with Crippen molar-refractivity contribution >= 4 is 45.5 Å². The third-order valence-electron chi connectivity index (χ3n) is 3.32. The zero-order valence-corrected chi connectivity index (χ0v) is 15.6. The first-order chi connectivity index (χ1) is 12.2. The minimum absolute atomic E-state index is 0.0500. The van der Waals surface area contributed by atoms with Crippen molar-refractivity contribution in [2.24, 2.45) is 0 Å². The Morgan fingerprint density at radius 1 is 1.20 bits per heavy atom. The topological polar surface area (TPSA) is 78.7 Å². The summed E-state index contributed by atoms with van der Waals surface area (Å²) in [5.41, 5.74) is 2.94. The van der Waals surface area contributed by atoms with Gasteiger partial charge in [-0.05, 0) is 46.5 Å². The number of thioether (sulfide) groups is 1. The quantitative estimate of drug-likeness (QED) is 0.483. The fourth-order valence-corrected chi connectivity index (χ4v) is 4.44. The molecule has 0 spiro atoms. The van der Waals surface area contributed by atoms with Crippen LogP contribution < -0.4 is 5.32 Å². The van der Waals surface area contributed by atoms with Gasteiger partial charge >= 0.3 is 0 Å². The lowest BCUT2D eigenvalue weighted by Crippen LogP contribution is -2.11. The van der Waals surface area contributed by atoms with Crippen molar-refractivity contribution in [3.05, 3.63) is 57.8 Å². The molecule has 1 amide bonds. The third-order valence-corrected chi connectivity index (χ3v) is 6.09. The number of anilines is 1. The molecule has 0 bridgehead atoms. The summed E-state index contributed by atoms with van der Waals surface area (Å²) < 4.78 is 0.803. The van der Waals surface area contributed by atoms with Crippen molar-refractivity contribution in [1.29, 1.82) is 5.26 Å². The number of thiophene rings is 1. The molecule has 0 radical (unpaired) electrons. The predicted molar refractivity (Wildman–Crippen MR) is 102 cm³/mol. The zero-order chi connectivity index (χ0) is 17.5. The van der Waals surface area contributed by atoms with E-state index in [0.29, 0.717) is 17.1 Å². The number of carbonyl (C=O) groups excluding carboxylic acids is 1. The van der Waals surface area contributed by atoms with Gasteiger partial charge in [0.05, 0.1) is 11.6 Å². The predicted octanol–water partition coefficient (Wildman–Crippen LogP) is 4.33. The second kappa shape index (κ2) is 8.76. The van der Waals surface area contributed by atoms with Crippen LogP contribution in [0.5, 0.6) is 0 Å². The van der Waals surface area contributed by atoms with Gasteiger partial charge in [0, 0.05) is 12.2 Å². The van der Waals surface area contributed by atoms with Crippen molar-refractivity contribution in [2.45, 2.75) is 22.9 Å². The van der Waals surface area contributed by atoms with Gasteiger partial charge in [-0.1, -0.05) is 35.2 Å². The minimum atomic E-state index is -0.0500. The normalized spacial score (nSPS) is 10.4. The standard InChI is InChI=1S/C17H14N4OS3/c18-9-12-1-3-13(4-2-12)11-24-17-21-20-16(25-17)19-15(22)6-5-14-7-8-23-10-14/h1-4,7-8,10H,5-6,11H2,(H,19,20,22). The number of aryl methyl sites for hydroxylation is 1.